The highest BCUT2D eigenvalue weighted by Gasteiger charge is 2.38. The number of nitrogens with one attached hydrogen (secondary N) is 4. The van der Waals surface area contributed by atoms with Crippen molar-refractivity contribution in [3.63, 3.8) is 0 Å². The van der Waals surface area contributed by atoms with Crippen LogP contribution in [0.25, 0.3) is 22.3 Å². The number of likely N-dealkylation sites (N-methyl/N-ethyl adjacent to an activating group) is 1. The Morgan fingerprint density at radius 1 is 0.838 bits per heavy atom. The zero-order valence-electron chi connectivity index (χ0n) is 37.6. The lowest BCUT2D eigenvalue weighted by Crippen LogP contribution is -2.54. The largest absolute Gasteiger partial charge is 0.507 e. The number of carboxylic acids is 2. The highest BCUT2D eigenvalue weighted by Crippen LogP contribution is 2.39. The van der Waals surface area contributed by atoms with E-state index in [-0.39, 0.29) is 59.9 Å². The van der Waals surface area contributed by atoms with Gasteiger partial charge in [0.15, 0.2) is 0 Å². The van der Waals surface area contributed by atoms with E-state index in [1.807, 2.05) is 12.1 Å². The molecule has 1 aliphatic heterocycles. The Bertz CT molecular complexity index is 2450. The predicted molar refractivity (Wildman–Crippen MR) is 243 cm³/mol. The monoisotopic (exact) mass is 948 g/mol. The number of fused-ring (bicyclic) bond motifs is 5. The molecule has 1 aliphatic rings. The molecule has 5 amide bonds. The number of aryl methyl sites for hydroxylation is 1. The number of hydrogen-bond acceptors (Lipinski definition) is 10. The van der Waals surface area contributed by atoms with E-state index in [1.54, 1.807) is 12.1 Å². The standard InChI is InChI=1S/C46H54N6O9.C2HF3O2/c1-4-7-28-9-12-30(13-10-28)31-14-16-32(17-15-31)43(57)48-23-21-40(55)50-36(8-5-6-22-47)45(59)52(3)41-33-18-20-39(54)35(26-33)34-24-29(11-19-38(34)53)25-37(46(60)61)51-42(56)27(2)49-44(41)58;3-2(4,5)1(6)7/h9-20,24,26-27,36-37,41,53-54H,4-8,21-23,25,47H2,1-3H3,(H,48,57)(H,49,58)(H,50,55)(H,51,56)(H,60,61);(H,6,7)/t27-,36-,37-,41-;/m0./s1. The molecule has 0 saturated heterocycles. The van der Waals surface area contributed by atoms with Crippen molar-refractivity contribution < 1.29 is 67.2 Å². The molecule has 4 aromatic carbocycles. The van der Waals surface area contributed by atoms with Crippen molar-refractivity contribution in [2.24, 2.45) is 5.73 Å². The van der Waals surface area contributed by atoms with Crippen LogP contribution in [0.4, 0.5) is 13.2 Å². The van der Waals surface area contributed by atoms with Gasteiger partial charge < -0.3 is 52.3 Å². The van der Waals surface area contributed by atoms with Gasteiger partial charge in [-0.25, -0.2) is 9.59 Å². The Morgan fingerprint density at radius 2 is 1.43 bits per heavy atom. The van der Waals surface area contributed by atoms with Crippen LogP contribution in [0.1, 0.15) is 79.0 Å². The molecule has 364 valence electrons. The molecular weight excluding hydrogens is 894 g/mol. The number of phenolic OH excluding ortho intramolecular Hbond substituents is 2. The molecule has 0 saturated carbocycles. The molecule has 0 aromatic heterocycles. The van der Waals surface area contributed by atoms with Gasteiger partial charge in [0.2, 0.25) is 23.6 Å². The summed E-state index contributed by atoms with van der Waals surface area (Å²) in [7, 11) is 1.36. The maximum atomic E-state index is 14.4. The fourth-order valence-corrected chi connectivity index (χ4v) is 7.25. The average molecular weight is 949 g/mol. The van der Waals surface area contributed by atoms with Crippen molar-refractivity contribution in [2.45, 2.75) is 89.1 Å². The zero-order valence-corrected chi connectivity index (χ0v) is 37.6. The first-order chi connectivity index (χ1) is 32.1. The third kappa shape index (κ3) is 14.8. The number of hydrogen-bond donors (Lipinski definition) is 9. The molecule has 0 spiro atoms. The second kappa shape index (κ2) is 24.3. The lowest BCUT2D eigenvalue weighted by Gasteiger charge is -2.32. The van der Waals surface area contributed by atoms with Gasteiger partial charge in [0.1, 0.15) is 35.7 Å². The van der Waals surface area contributed by atoms with Crippen LogP contribution in [0.2, 0.25) is 0 Å². The molecule has 4 atom stereocenters. The molecular formula is C48H55F3N6O11. The number of phenols is 2. The molecule has 4 bridgehead atoms. The summed E-state index contributed by atoms with van der Waals surface area (Å²) in [5, 5.41) is 49.4. The number of nitrogens with two attached hydrogens (primary N) is 1. The number of carboxylic acid groups (broad SMARTS) is 2. The van der Waals surface area contributed by atoms with E-state index in [0.29, 0.717) is 30.5 Å². The van der Waals surface area contributed by atoms with Gasteiger partial charge in [-0.2, -0.15) is 13.2 Å². The van der Waals surface area contributed by atoms with Crippen LogP contribution >= 0.6 is 0 Å². The van der Waals surface area contributed by atoms with Gasteiger partial charge in [-0.1, -0.05) is 61.9 Å². The normalized spacial score (nSPS) is 16.3. The average Bonchev–Trinajstić information content (AvgIpc) is 3.29. The molecule has 1 heterocycles. The van der Waals surface area contributed by atoms with Gasteiger partial charge >= 0.3 is 18.1 Å². The lowest BCUT2D eigenvalue weighted by molar-refractivity contribution is -0.192. The topological polar surface area (TPSA) is 278 Å². The molecule has 17 nitrogen and oxygen atoms in total. The van der Waals surface area contributed by atoms with Gasteiger partial charge in [-0.05, 0) is 103 Å². The molecule has 20 heteroatoms. The third-order valence-corrected chi connectivity index (χ3v) is 10.9. The summed E-state index contributed by atoms with van der Waals surface area (Å²) in [6.07, 6.45) is -2.18. The molecule has 4 aromatic rings. The number of carbonyl (C=O) groups excluding carboxylic acids is 5. The second-order valence-corrected chi connectivity index (χ2v) is 16.1. The first kappa shape index (κ1) is 53.1. The van der Waals surface area contributed by atoms with Gasteiger partial charge in [-0.15, -0.1) is 0 Å². The fraction of sp³-hybridized carbons (Fsp3) is 0.354. The smallest absolute Gasteiger partial charge is 0.490 e. The van der Waals surface area contributed by atoms with Crippen LogP contribution in [-0.4, -0.2) is 111 Å². The summed E-state index contributed by atoms with van der Waals surface area (Å²) < 4.78 is 31.7. The van der Waals surface area contributed by atoms with Gasteiger partial charge in [0, 0.05) is 43.1 Å². The summed E-state index contributed by atoms with van der Waals surface area (Å²) in [6.45, 7) is 3.81. The number of amides is 5. The number of alkyl halides is 3. The van der Waals surface area contributed by atoms with E-state index < -0.39 is 65.9 Å². The van der Waals surface area contributed by atoms with Crippen molar-refractivity contribution >= 4 is 41.5 Å². The summed E-state index contributed by atoms with van der Waals surface area (Å²) >= 11 is 0. The van der Waals surface area contributed by atoms with Crippen LogP contribution in [0.15, 0.2) is 84.9 Å². The Balaban J connectivity index is 0.00000133. The Labute approximate surface area is 389 Å². The van der Waals surface area contributed by atoms with E-state index in [9.17, 15) is 57.3 Å². The van der Waals surface area contributed by atoms with E-state index in [0.717, 1.165) is 28.9 Å². The maximum Gasteiger partial charge on any atom is 0.490 e. The number of carbonyl (C=O) groups is 7. The Morgan fingerprint density at radius 3 is 2.00 bits per heavy atom. The van der Waals surface area contributed by atoms with E-state index in [4.69, 9.17) is 15.6 Å². The molecule has 0 radical (unpaired) electrons. The van der Waals surface area contributed by atoms with Gasteiger partial charge in [0.05, 0.1) is 0 Å². The number of rotatable bonds is 15. The summed E-state index contributed by atoms with van der Waals surface area (Å²) in [4.78, 5) is 90.2. The number of halogens is 3. The maximum absolute atomic E-state index is 14.4. The van der Waals surface area contributed by atoms with Crippen LogP contribution in [-0.2, 0) is 41.6 Å². The van der Waals surface area contributed by atoms with Crippen molar-refractivity contribution in [1.29, 1.82) is 0 Å². The number of benzene rings is 4. The number of aromatic hydroxyl groups is 2. The van der Waals surface area contributed by atoms with Crippen LogP contribution in [0.5, 0.6) is 11.5 Å². The van der Waals surface area contributed by atoms with Crippen molar-refractivity contribution in [2.75, 3.05) is 20.1 Å². The van der Waals surface area contributed by atoms with Crippen LogP contribution < -0.4 is 27.0 Å². The van der Waals surface area contributed by atoms with Crippen molar-refractivity contribution in [3.8, 4) is 33.8 Å². The quantitative estimate of drug-likeness (QED) is 0.0741. The Hall–Kier alpha value is -7.48. The number of nitrogens with zero attached hydrogens (tertiary/aromatic N) is 1. The van der Waals surface area contributed by atoms with Crippen molar-refractivity contribution in [1.82, 2.24) is 26.2 Å². The highest BCUT2D eigenvalue weighted by molar-refractivity contribution is 5.97. The van der Waals surface area contributed by atoms with Gasteiger partial charge in [0.25, 0.3) is 5.91 Å². The van der Waals surface area contributed by atoms with E-state index in [1.165, 1.54) is 55.9 Å². The lowest BCUT2D eigenvalue weighted by atomic mass is 9.93. The highest BCUT2D eigenvalue weighted by atomic mass is 19.4. The predicted octanol–water partition coefficient (Wildman–Crippen LogP) is 4.58. The molecule has 5 rings (SSSR count). The summed E-state index contributed by atoms with van der Waals surface area (Å²) in [5.74, 6) is -7.77. The molecule has 68 heavy (non-hydrogen) atoms. The minimum absolute atomic E-state index is 0.0249. The molecule has 0 aliphatic carbocycles. The van der Waals surface area contributed by atoms with Gasteiger partial charge in [-0.3, -0.25) is 24.0 Å². The molecule has 0 unspecified atom stereocenters. The minimum atomic E-state index is -5.08. The Kier molecular flexibility index (Phi) is 19.0. The first-order valence-corrected chi connectivity index (χ1v) is 21.7. The summed E-state index contributed by atoms with van der Waals surface area (Å²) in [6, 6.07) is 18.7. The first-order valence-electron chi connectivity index (χ1n) is 21.7. The van der Waals surface area contributed by atoms with E-state index >= 15 is 0 Å². The number of aliphatic carboxylic acids is 2. The minimum Gasteiger partial charge on any atom is -0.507 e. The van der Waals surface area contributed by atoms with Crippen LogP contribution in [0, 0.1) is 0 Å². The fourth-order valence-electron chi connectivity index (χ4n) is 7.25. The molecule has 0 fully saturated rings. The second-order valence-electron chi connectivity index (χ2n) is 16.1. The van der Waals surface area contributed by atoms with Crippen LogP contribution in [0.3, 0.4) is 0 Å². The third-order valence-electron chi connectivity index (χ3n) is 10.9. The SMILES string of the molecule is CCCc1ccc(-c2ccc(C(=O)NCCC(=O)N[C@@H](CCCCN)C(=O)N(C)[C@@H]3C(=O)N[C@@H](C)C(=O)N[C@H](C(=O)O)Cc4ccc(O)c(c4)-c4cc3ccc4O)cc2)cc1.O=C(O)C(F)(F)F. The number of unbranched alkanes of at least 4 members (excludes halogenated alkanes) is 1. The zero-order chi connectivity index (χ0) is 50.3. The van der Waals surface area contributed by atoms with E-state index in [2.05, 4.69) is 52.5 Å². The summed E-state index contributed by atoms with van der Waals surface area (Å²) in [5.41, 5.74) is 10.3. The molecule has 10 N–H and O–H groups in total. The van der Waals surface area contributed by atoms with Crippen molar-refractivity contribution in [3.05, 3.63) is 107 Å².